The largest absolute Gasteiger partial charge is 0.379 e. The van der Waals surface area contributed by atoms with Crippen LogP contribution in [-0.4, -0.2) is 57.9 Å². The van der Waals surface area contributed by atoms with Crippen molar-refractivity contribution in [3.8, 4) is 0 Å². The fraction of sp³-hybridized carbons (Fsp3) is 1.00. The first-order valence-electron chi connectivity index (χ1n) is 7.72. The van der Waals surface area contributed by atoms with Gasteiger partial charge >= 0.3 is 0 Å². The molecule has 0 saturated carbocycles. The highest BCUT2D eigenvalue weighted by molar-refractivity contribution is 4.69. The van der Waals surface area contributed by atoms with E-state index in [0.717, 1.165) is 19.6 Å². The summed E-state index contributed by atoms with van der Waals surface area (Å²) >= 11 is 0. The number of rotatable bonds is 13. The minimum Gasteiger partial charge on any atom is -0.379 e. The lowest BCUT2D eigenvalue weighted by Crippen LogP contribution is -2.26. The first kappa shape index (κ1) is 17.9. The molecule has 1 aliphatic rings. The predicted octanol–water partition coefficient (Wildman–Crippen LogP) is 1.59. The average molecular weight is 289 g/mol. The van der Waals surface area contributed by atoms with Gasteiger partial charge in [0, 0.05) is 12.6 Å². The van der Waals surface area contributed by atoms with Crippen LogP contribution in [0.4, 0.5) is 0 Å². The van der Waals surface area contributed by atoms with Crippen molar-refractivity contribution >= 4 is 0 Å². The quantitative estimate of drug-likeness (QED) is 0.412. The minimum atomic E-state index is 0.0769. The monoisotopic (exact) mass is 289 g/mol. The Labute approximate surface area is 123 Å². The molecule has 4 unspecified atom stereocenters. The van der Waals surface area contributed by atoms with Gasteiger partial charge in [-0.15, -0.1) is 0 Å². The summed E-state index contributed by atoms with van der Waals surface area (Å²) in [6.07, 6.45) is 2.95. The zero-order valence-corrected chi connectivity index (χ0v) is 13.2. The summed E-state index contributed by atoms with van der Waals surface area (Å²) < 4.78 is 21.8. The lowest BCUT2D eigenvalue weighted by Gasteiger charge is -2.15. The van der Waals surface area contributed by atoms with Gasteiger partial charge in [0.05, 0.1) is 45.2 Å². The van der Waals surface area contributed by atoms with Crippen molar-refractivity contribution in [1.29, 1.82) is 0 Å². The van der Waals surface area contributed by atoms with Gasteiger partial charge in [-0.2, -0.15) is 0 Å². The molecule has 0 aromatic heterocycles. The van der Waals surface area contributed by atoms with Gasteiger partial charge < -0.3 is 24.7 Å². The highest BCUT2D eigenvalue weighted by atomic mass is 16.6. The lowest BCUT2D eigenvalue weighted by molar-refractivity contribution is -0.0344. The molecule has 5 heteroatoms. The Morgan fingerprint density at radius 3 is 2.50 bits per heavy atom. The molecule has 5 nitrogen and oxygen atoms in total. The molecule has 1 rings (SSSR count). The Kier molecular flexibility index (Phi) is 9.39. The zero-order valence-electron chi connectivity index (χ0n) is 13.2. The topological polar surface area (TPSA) is 66.2 Å². The molecule has 0 amide bonds. The second kappa shape index (κ2) is 10.5. The maximum atomic E-state index is 5.61. The van der Waals surface area contributed by atoms with Crippen LogP contribution < -0.4 is 5.73 Å². The Hall–Kier alpha value is -0.200. The van der Waals surface area contributed by atoms with E-state index in [1.165, 1.54) is 6.42 Å². The fourth-order valence-electron chi connectivity index (χ4n) is 1.85. The molecule has 0 radical (unpaired) electrons. The maximum Gasteiger partial charge on any atom is 0.0810 e. The van der Waals surface area contributed by atoms with Crippen molar-refractivity contribution in [2.45, 2.75) is 51.9 Å². The molecule has 0 aromatic carbocycles. The molecule has 2 N–H and O–H groups in total. The summed E-state index contributed by atoms with van der Waals surface area (Å²) in [5.74, 6) is 0.589. The van der Waals surface area contributed by atoms with Crippen molar-refractivity contribution in [2.75, 3.05) is 39.6 Å². The Bertz CT molecular complexity index is 234. The number of nitrogens with two attached hydrogens (primary N) is 1. The van der Waals surface area contributed by atoms with Gasteiger partial charge in [-0.05, 0) is 32.6 Å². The molecular formula is C15H31NO4. The zero-order chi connectivity index (χ0) is 14.8. The van der Waals surface area contributed by atoms with E-state index in [9.17, 15) is 0 Å². The molecule has 0 spiro atoms. The molecular weight excluding hydrogens is 258 g/mol. The van der Waals surface area contributed by atoms with Crippen LogP contribution in [-0.2, 0) is 18.9 Å². The van der Waals surface area contributed by atoms with E-state index in [-0.39, 0.29) is 12.1 Å². The summed E-state index contributed by atoms with van der Waals surface area (Å²) in [5.41, 5.74) is 5.60. The molecule has 1 fully saturated rings. The summed E-state index contributed by atoms with van der Waals surface area (Å²) in [7, 11) is 0. The van der Waals surface area contributed by atoms with Crippen molar-refractivity contribution in [3.05, 3.63) is 0 Å². The summed E-state index contributed by atoms with van der Waals surface area (Å²) in [4.78, 5) is 0. The van der Waals surface area contributed by atoms with Crippen LogP contribution in [0.25, 0.3) is 0 Å². The minimum absolute atomic E-state index is 0.0769. The van der Waals surface area contributed by atoms with Crippen LogP contribution in [0.2, 0.25) is 0 Å². The van der Waals surface area contributed by atoms with Gasteiger partial charge in [0.1, 0.15) is 0 Å². The van der Waals surface area contributed by atoms with Crippen LogP contribution in [0.5, 0.6) is 0 Å². The van der Waals surface area contributed by atoms with Crippen molar-refractivity contribution < 1.29 is 18.9 Å². The maximum absolute atomic E-state index is 5.61. The van der Waals surface area contributed by atoms with E-state index in [0.29, 0.717) is 38.4 Å². The molecule has 0 aliphatic carbocycles. The summed E-state index contributed by atoms with van der Waals surface area (Å²) in [6.45, 7) is 10.3. The highest BCUT2D eigenvalue weighted by Gasteiger charge is 2.22. The molecule has 1 aliphatic heterocycles. The predicted molar refractivity (Wildman–Crippen MR) is 78.8 cm³/mol. The SMILES string of the molecule is CC(N)COCC(C)OCCOCC(C)CCC1CO1. The van der Waals surface area contributed by atoms with E-state index in [1.54, 1.807) is 0 Å². The van der Waals surface area contributed by atoms with Gasteiger partial charge in [0.25, 0.3) is 0 Å². The van der Waals surface area contributed by atoms with E-state index in [2.05, 4.69) is 6.92 Å². The molecule has 0 aromatic rings. The van der Waals surface area contributed by atoms with Gasteiger partial charge in [0.15, 0.2) is 0 Å². The third-order valence-corrected chi connectivity index (χ3v) is 3.15. The second-order valence-corrected chi connectivity index (χ2v) is 5.91. The average Bonchev–Trinajstić information content (AvgIpc) is 3.19. The molecule has 1 heterocycles. The summed E-state index contributed by atoms with van der Waals surface area (Å²) in [5, 5.41) is 0. The van der Waals surface area contributed by atoms with E-state index < -0.39 is 0 Å². The standard InChI is InChI=1S/C15H31NO4/c1-12(4-5-15-11-20-15)8-17-6-7-19-14(3)10-18-9-13(2)16/h12-15H,4-11,16H2,1-3H3. The fourth-order valence-corrected chi connectivity index (χ4v) is 1.85. The Balaban J connectivity index is 1.82. The molecule has 20 heavy (non-hydrogen) atoms. The van der Waals surface area contributed by atoms with Crippen molar-refractivity contribution in [2.24, 2.45) is 11.7 Å². The smallest absolute Gasteiger partial charge is 0.0810 e. The molecule has 120 valence electrons. The number of hydrogen-bond donors (Lipinski definition) is 1. The third kappa shape index (κ3) is 10.6. The normalized spacial score (nSPS) is 22.5. The number of hydrogen-bond acceptors (Lipinski definition) is 5. The highest BCUT2D eigenvalue weighted by Crippen LogP contribution is 2.18. The Morgan fingerprint density at radius 2 is 1.85 bits per heavy atom. The van der Waals surface area contributed by atoms with Gasteiger partial charge in [-0.25, -0.2) is 0 Å². The Morgan fingerprint density at radius 1 is 1.10 bits per heavy atom. The van der Waals surface area contributed by atoms with Crippen LogP contribution in [0.3, 0.4) is 0 Å². The van der Waals surface area contributed by atoms with Gasteiger partial charge in [0.2, 0.25) is 0 Å². The van der Waals surface area contributed by atoms with Crippen LogP contribution >= 0.6 is 0 Å². The van der Waals surface area contributed by atoms with Gasteiger partial charge in [-0.3, -0.25) is 0 Å². The first-order valence-corrected chi connectivity index (χ1v) is 7.72. The van der Waals surface area contributed by atoms with Crippen LogP contribution in [0.15, 0.2) is 0 Å². The molecule has 1 saturated heterocycles. The van der Waals surface area contributed by atoms with E-state index in [4.69, 9.17) is 24.7 Å². The second-order valence-electron chi connectivity index (χ2n) is 5.91. The first-order chi connectivity index (χ1) is 9.58. The number of ether oxygens (including phenoxy) is 4. The number of epoxide rings is 1. The van der Waals surface area contributed by atoms with Crippen LogP contribution in [0.1, 0.15) is 33.6 Å². The van der Waals surface area contributed by atoms with E-state index in [1.807, 2.05) is 13.8 Å². The molecule has 4 atom stereocenters. The summed E-state index contributed by atoms with van der Waals surface area (Å²) in [6, 6.07) is 0.0769. The lowest BCUT2D eigenvalue weighted by atomic mass is 10.1. The molecule has 0 bridgehead atoms. The van der Waals surface area contributed by atoms with Crippen molar-refractivity contribution in [3.63, 3.8) is 0 Å². The van der Waals surface area contributed by atoms with Crippen molar-refractivity contribution in [1.82, 2.24) is 0 Å². The third-order valence-electron chi connectivity index (χ3n) is 3.15. The van der Waals surface area contributed by atoms with Gasteiger partial charge in [-0.1, -0.05) is 6.92 Å². The van der Waals surface area contributed by atoms with Crippen LogP contribution in [0, 0.1) is 5.92 Å². The van der Waals surface area contributed by atoms with E-state index >= 15 is 0 Å².